The van der Waals surface area contributed by atoms with Crippen molar-refractivity contribution >= 4 is 64.1 Å². The van der Waals surface area contributed by atoms with Crippen molar-refractivity contribution in [3.63, 3.8) is 0 Å². The van der Waals surface area contributed by atoms with E-state index in [1.165, 1.54) is 29.4 Å². The molecule has 5 aromatic rings. The SMILES string of the molecule is Cc1ncsc1-c1ccc(CNC(=O)[C@@H]2C[C@@H](O)CN2C(=O)[C@@H](NC(=O)CCCCNC(=O)CCC(=O)N2CCN(c3ncc(-c4cc(NC(=O)c5c[nH]c(=O)cc5C(F)(F)F)c(N5C[C@@H](C)N(C)[C@@H](C)C5)cc4F)cn3)CC2)C(C)(C)C)cc1. The number of alkyl halides is 3. The highest BCUT2D eigenvalue weighted by molar-refractivity contribution is 7.13. The van der Waals surface area contributed by atoms with E-state index in [4.69, 9.17) is 0 Å². The van der Waals surface area contributed by atoms with Crippen LogP contribution in [0.5, 0.6) is 0 Å². The molecule has 0 bridgehead atoms. The Morgan fingerprint density at radius 3 is 2.15 bits per heavy atom. The number of rotatable bonds is 19. The first-order chi connectivity index (χ1) is 40.2. The Balaban J connectivity index is 0.771. The number of likely N-dealkylation sites (N-methyl/N-ethyl adjacent to an activating group) is 1. The van der Waals surface area contributed by atoms with Crippen LogP contribution in [0.3, 0.4) is 0 Å². The Morgan fingerprint density at radius 1 is 0.835 bits per heavy atom. The predicted octanol–water partition coefficient (Wildman–Crippen LogP) is 5.73. The van der Waals surface area contributed by atoms with Gasteiger partial charge in [0.1, 0.15) is 17.9 Å². The van der Waals surface area contributed by atoms with Crippen LogP contribution in [0.25, 0.3) is 21.6 Å². The second-order valence-electron chi connectivity index (χ2n) is 23.1. The van der Waals surface area contributed by atoms with Crippen molar-refractivity contribution < 1.29 is 51.4 Å². The van der Waals surface area contributed by atoms with Gasteiger partial charge in [-0.25, -0.2) is 19.3 Å². The van der Waals surface area contributed by atoms with Gasteiger partial charge < -0.3 is 51.0 Å². The maximum Gasteiger partial charge on any atom is 0.417 e. The maximum absolute atomic E-state index is 16.2. The lowest BCUT2D eigenvalue weighted by atomic mass is 9.85. The average molecular weight is 1200 g/mol. The number of thiazole rings is 1. The lowest BCUT2D eigenvalue weighted by Gasteiger charge is -2.44. The van der Waals surface area contributed by atoms with Crippen LogP contribution < -0.4 is 36.6 Å². The lowest BCUT2D eigenvalue weighted by Crippen LogP contribution is -2.57. The van der Waals surface area contributed by atoms with Crippen LogP contribution in [-0.2, 0) is 36.7 Å². The Kier molecular flexibility index (Phi) is 20.1. The topological polar surface area (TPSA) is 258 Å². The number of hydrogen-bond donors (Lipinski definition) is 6. The summed E-state index contributed by atoms with van der Waals surface area (Å²) in [4.78, 5) is 117. The Hall–Kier alpha value is -7.84. The van der Waals surface area contributed by atoms with Crippen LogP contribution in [0, 0.1) is 18.2 Å². The van der Waals surface area contributed by atoms with Gasteiger partial charge in [0.05, 0.1) is 44.7 Å². The number of nitrogens with one attached hydrogen (secondary N) is 5. The largest absolute Gasteiger partial charge is 0.417 e. The van der Waals surface area contributed by atoms with Crippen molar-refractivity contribution in [3.8, 4) is 21.6 Å². The number of unbranched alkanes of at least 4 members (excludes halogenated alkanes) is 1. The van der Waals surface area contributed by atoms with Gasteiger partial charge in [0.2, 0.25) is 41.0 Å². The summed E-state index contributed by atoms with van der Waals surface area (Å²) in [6, 6.07) is 8.72. The number of β-amino-alcohol motifs (C(OH)–C–C–N with tert-alkyl or cyclic N) is 1. The second-order valence-corrected chi connectivity index (χ2v) is 23.9. The molecule has 85 heavy (non-hydrogen) atoms. The predicted molar refractivity (Wildman–Crippen MR) is 313 cm³/mol. The van der Waals surface area contributed by atoms with Crippen molar-refractivity contribution in [2.45, 2.75) is 123 Å². The standard InChI is InChI=1S/C59H73F4N13O8S/c1-34-30-75(31-35(2)72(34)7)46-25-44(60)41(23-45(46)70-54(82)42-29-65-50(80)24-43(42)59(61,62)63)39-27-67-57(68-28-39)74-20-18-73(19-21-74)51(81)16-15-48(78)64-17-9-8-10-49(79)71-53(58(4,5)6)56(84)76-32-40(77)22-47(76)55(83)66-26-37-11-13-38(14-12-37)52-36(3)69-33-85-52/h11-14,23-25,27-29,33-35,40,47,53,77H,8-10,15-22,26,30-32H2,1-7H3,(H,64,78)(H,65,80)(H,66,83)(H,70,82)(H,71,79)/t34-,35+,40-,47+,53-/m1/s1. The zero-order chi connectivity index (χ0) is 61.5. The van der Waals surface area contributed by atoms with E-state index in [9.17, 15) is 51.8 Å². The molecule has 0 saturated carbocycles. The molecule has 3 aliphatic rings. The van der Waals surface area contributed by atoms with Gasteiger partial charge in [0, 0.05) is 132 Å². The van der Waals surface area contributed by atoms with E-state index in [2.05, 4.69) is 46.1 Å². The van der Waals surface area contributed by atoms with Gasteiger partial charge in [-0.2, -0.15) is 13.2 Å². The number of halogens is 4. The minimum absolute atomic E-state index is 0.00781. The molecule has 5 atom stereocenters. The molecule has 2 aromatic carbocycles. The molecule has 3 saturated heterocycles. The average Bonchev–Trinajstić information content (AvgIpc) is 4.18. The smallest absolute Gasteiger partial charge is 0.391 e. The molecule has 3 fully saturated rings. The third kappa shape index (κ3) is 15.7. The summed E-state index contributed by atoms with van der Waals surface area (Å²) in [7, 11) is 1.95. The van der Waals surface area contributed by atoms with E-state index >= 15 is 4.39 Å². The number of H-pyrrole nitrogens is 1. The number of carbonyl (C=O) groups excluding carboxylic acids is 6. The van der Waals surface area contributed by atoms with Crippen LogP contribution >= 0.6 is 11.3 Å². The highest BCUT2D eigenvalue weighted by Crippen LogP contribution is 2.38. The van der Waals surface area contributed by atoms with Crippen LogP contribution in [0.2, 0.25) is 0 Å². The van der Waals surface area contributed by atoms with Gasteiger partial charge in [-0.15, -0.1) is 11.3 Å². The fraction of sp³-hybridized carbons (Fsp3) is 0.492. The molecule has 0 radical (unpaired) electrons. The quantitative estimate of drug-likeness (QED) is 0.0427. The Bertz CT molecular complexity index is 3280. The van der Waals surface area contributed by atoms with Gasteiger partial charge in [-0.3, -0.25) is 38.5 Å². The normalized spacial score (nSPS) is 18.9. The van der Waals surface area contributed by atoms with Gasteiger partial charge in [0.25, 0.3) is 5.91 Å². The molecule has 8 rings (SSSR count). The number of likely N-dealkylation sites (tertiary alicyclic amines) is 1. The molecule has 3 aromatic heterocycles. The van der Waals surface area contributed by atoms with Crippen LogP contribution in [0.1, 0.15) is 100 Å². The summed E-state index contributed by atoms with van der Waals surface area (Å²) in [5.41, 5.74) is 1.06. The van der Waals surface area contributed by atoms with Crippen molar-refractivity contribution in [3.05, 3.63) is 105 Å². The number of pyridine rings is 1. The number of piperazine rings is 2. The molecular weight excluding hydrogens is 1130 g/mol. The number of amides is 6. The van der Waals surface area contributed by atoms with E-state index in [0.717, 1.165) is 21.7 Å². The zero-order valence-corrected chi connectivity index (χ0v) is 49.5. The molecule has 0 spiro atoms. The number of hydrogen-bond acceptors (Lipinski definition) is 15. The van der Waals surface area contributed by atoms with Crippen molar-refractivity contribution in [2.24, 2.45) is 5.41 Å². The first-order valence-electron chi connectivity index (χ1n) is 28.3. The molecule has 456 valence electrons. The maximum atomic E-state index is 16.2. The Morgan fingerprint density at radius 2 is 1.52 bits per heavy atom. The van der Waals surface area contributed by atoms with Gasteiger partial charge in [-0.05, 0) is 69.3 Å². The first-order valence-corrected chi connectivity index (χ1v) is 29.2. The number of aromatic nitrogens is 4. The molecule has 6 amide bonds. The number of aliphatic hydroxyl groups is 1. The summed E-state index contributed by atoms with van der Waals surface area (Å²) < 4.78 is 58.2. The molecule has 0 aliphatic carbocycles. The summed E-state index contributed by atoms with van der Waals surface area (Å²) >= 11 is 1.55. The fourth-order valence-electron chi connectivity index (χ4n) is 10.7. The molecule has 6 heterocycles. The highest BCUT2D eigenvalue weighted by atomic mass is 32.1. The van der Waals surface area contributed by atoms with Crippen LogP contribution in [0.15, 0.2) is 71.4 Å². The molecule has 0 unspecified atom stereocenters. The van der Waals surface area contributed by atoms with Gasteiger partial charge in [-0.1, -0.05) is 45.0 Å². The Labute approximate surface area is 494 Å². The minimum atomic E-state index is -5.02. The van der Waals surface area contributed by atoms with Crippen molar-refractivity contribution in [2.75, 3.05) is 74.5 Å². The number of aryl methyl sites for hydroxylation is 1. The van der Waals surface area contributed by atoms with Crippen LogP contribution in [0.4, 0.5) is 34.9 Å². The lowest BCUT2D eigenvalue weighted by molar-refractivity contribution is -0.144. The number of benzene rings is 2. The summed E-state index contributed by atoms with van der Waals surface area (Å²) in [5, 5.41) is 21.7. The van der Waals surface area contributed by atoms with Crippen LogP contribution in [-0.4, -0.2) is 165 Å². The number of nitrogens with zero attached hydrogens (tertiary/aromatic N) is 8. The number of aromatic amines is 1. The van der Waals surface area contributed by atoms with E-state index in [1.54, 1.807) is 21.7 Å². The minimum Gasteiger partial charge on any atom is -0.391 e. The number of aliphatic hydroxyl groups excluding tert-OH is 1. The molecule has 21 nitrogen and oxygen atoms in total. The van der Waals surface area contributed by atoms with Crippen molar-refractivity contribution in [1.82, 2.24) is 50.6 Å². The first kappa shape index (κ1) is 63.2. The molecular formula is C59H73F4N13O8S. The van der Waals surface area contributed by atoms with E-state index < -0.39 is 70.0 Å². The van der Waals surface area contributed by atoms with E-state index in [0.29, 0.717) is 70.3 Å². The summed E-state index contributed by atoms with van der Waals surface area (Å²) in [5.74, 6) is -3.36. The van der Waals surface area contributed by atoms with Gasteiger partial charge in [0.15, 0.2) is 0 Å². The van der Waals surface area contributed by atoms with Crippen molar-refractivity contribution in [1.29, 1.82) is 0 Å². The van der Waals surface area contributed by atoms with E-state index in [1.807, 2.05) is 82.7 Å². The summed E-state index contributed by atoms with van der Waals surface area (Å²) in [6.07, 6.45) is -1.58. The molecule has 3 aliphatic heterocycles. The number of anilines is 3. The third-order valence-corrected chi connectivity index (χ3v) is 16.8. The molecule has 6 N–H and O–H groups in total. The third-order valence-electron chi connectivity index (χ3n) is 15.8. The summed E-state index contributed by atoms with van der Waals surface area (Å²) in [6.45, 7) is 13.9. The van der Waals surface area contributed by atoms with Gasteiger partial charge >= 0.3 is 6.18 Å². The fourth-order valence-corrected chi connectivity index (χ4v) is 11.5. The molecule has 26 heteroatoms. The number of carbonyl (C=O) groups is 6. The highest BCUT2D eigenvalue weighted by Gasteiger charge is 2.45. The monoisotopic (exact) mass is 1200 g/mol. The zero-order valence-electron chi connectivity index (χ0n) is 48.6. The van der Waals surface area contributed by atoms with E-state index in [-0.39, 0.29) is 97.6 Å². The second kappa shape index (κ2) is 27.0.